The van der Waals surface area contributed by atoms with Crippen LogP contribution in [-0.2, 0) is 14.6 Å². The number of methoxy groups -OCH3 is 1. The van der Waals surface area contributed by atoms with Crippen molar-refractivity contribution in [2.75, 3.05) is 18.2 Å². The Labute approximate surface area is 162 Å². The van der Waals surface area contributed by atoms with Crippen molar-refractivity contribution in [2.45, 2.75) is 43.0 Å². The molecule has 3 atom stereocenters. The molecule has 0 saturated carbocycles. The molecule has 2 aliphatic rings. The Bertz CT molecular complexity index is 845. The molecule has 2 aliphatic heterocycles. The third-order valence-corrected chi connectivity index (χ3v) is 7.41. The minimum absolute atomic E-state index is 0.0316. The number of rotatable bonds is 7. The summed E-state index contributed by atoms with van der Waals surface area (Å²) in [5, 5.41) is 7.97. The second-order valence-corrected chi connectivity index (χ2v) is 9.46. The molecule has 8 nitrogen and oxygen atoms in total. The number of hydrogen-bond donors (Lipinski definition) is 3. The van der Waals surface area contributed by atoms with Crippen molar-refractivity contribution in [3.63, 3.8) is 0 Å². The molecule has 2 heterocycles. The van der Waals surface area contributed by atoms with Crippen LogP contribution in [0.4, 0.5) is 10.5 Å². The quantitative estimate of drug-likeness (QED) is 0.463. The summed E-state index contributed by atoms with van der Waals surface area (Å²) in [5.41, 5.74) is 0.496. The fourth-order valence-corrected chi connectivity index (χ4v) is 6.07. The molecule has 2 saturated heterocycles. The summed E-state index contributed by atoms with van der Waals surface area (Å²) in [6, 6.07) is 3.89. The molecule has 0 radical (unpaired) electrons. The van der Waals surface area contributed by atoms with Crippen molar-refractivity contribution in [2.24, 2.45) is 0 Å². The highest BCUT2D eigenvalue weighted by atomic mass is 35.5. The lowest BCUT2D eigenvalue weighted by molar-refractivity contribution is -0.116. The van der Waals surface area contributed by atoms with Crippen LogP contribution in [0, 0.1) is 0 Å². The maximum Gasteiger partial charge on any atom is 0.315 e. The van der Waals surface area contributed by atoms with E-state index in [4.69, 9.17) is 16.3 Å². The van der Waals surface area contributed by atoms with Gasteiger partial charge in [0.2, 0.25) is 5.91 Å². The predicted octanol–water partition coefficient (Wildman–Crippen LogP) is 1.69. The van der Waals surface area contributed by atoms with E-state index in [1.54, 1.807) is 18.2 Å². The third kappa shape index (κ3) is 4.47. The number of urea groups is 1. The number of benzene rings is 1. The molecular weight excluding hydrogens is 394 g/mol. The first-order valence-corrected chi connectivity index (χ1v) is 10.8. The van der Waals surface area contributed by atoms with E-state index in [0.29, 0.717) is 35.7 Å². The van der Waals surface area contributed by atoms with Gasteiger partial charge in [-0.05, 0) is 31.0 Å². The van der Waals surface area contributed by atoms with Crippen molar-refractivity contribution in [3.05, 3.63) is 23.2 Å². The van der Waals surface area contributed by atoms with E-state index in [1.807, 2.05) is 0 Å². The van der Waals surface area contributed by atoms with Crippen LogP contribution in [-0.4, -0.2) is 50.6 Å². The van der Waals surface area contributed by atoms with Crippen LogP contribution in [0.5, 0.6) is 5.75 Å². The monoisotopic (exact) mass is 415 g/mol. The minimum Gasteiger partial charge on any atom is -0.495 e. The van der Waals surface area contributed by atoms with Crippen LogP contribution in [0.1, 0.15) is 25.7 Å². The molecule has 1 aromatic rings. The number of carbonyl (C=O) groups is 2. The molecule has 0 bridgehead atoms. The summed E-state index contributed by atoms with van der Waals surface area (Å²) in [6.45, 7) is 0. The topological polar surface area (TPSA) is 114 Å². The molecule has 3 rings (SSSR count). The highest BCUT2D eigenvalue weighted by Gasteiger charge is 2.51. The van der Waals surface area contributed by atoms with Gasteiger partial charge in [0, 0.05) is 11.4 Å². The van der Waals surface area contributed by atoms with E-state index in [2.05, 4.69) is 16.0 Å². The lowest BCUT2D eigenvalue weighted by Crippen LogP contribution is -2.39. The van der Waals surface area contributed by atoms with E-state index in [1.165, 1.54) is 7.11 Å². The van der Waals surface area contributed by atoms with Crippen molar-refractivity contribution in [1.29, 1.82) is 0 Å². The normalized spacial score (nSPS) is 25.4. The van der Waals surface area contributed by atoms with E-state index >= 15 is 0 Å². The van der Waals surface area contributed by atoms with Gasteiger partial charge in [-0.1, -0.05) is 18.0 Å². The highest BCUT2D eigenvalue weighted by molar-refractivity contribution is 7.92. The molecule has 0 aromatic heterocycles. The molecule has 3 N–H and O–H groups in total. The molecule has 3 amide bonds. The van der Waals surface area contributed by atoms with E-state index in [0.717, 1.165) is 0 Å². The number of nitrogens with one attached hydrogen (secondary N) is 3. The Morgan fingerprint density at radius 2 is 2.11 bits per heavy atom. The van der Waals surface area contributed by atoms with E-state index < -0.39 is 15.1 Å². The summed E-state index contributed by atoms with van der Waals surface area (Å²) in [4.78, 5) is 23.5. The van der Waals surface area contributed by atoms with Gasteiger partial charge in [-0.15, -0.1) is 0 Å². The number of amides is 3. The van der Waals surface area contributed by atoms with Gasteiger partial charge in [-0.3, -0.25) is 4.79 Å². The molecule has 27 heavy (non-hydrogen) atoms. The van der Waals surface area contributed by atoms with Gasteiger partial charge in [0.15, 0.2) is 9.84 Å². The van der Waals surface area contributed by atoms with Crippen molar-refractivity contribution >= 4 is 39.1 Å². The summed E-state index contributed by atoms with van der Waals surface area (Å²) in [6.07, 6.45) is 1.78. The Morgan fingerprint density at radius 3 is 2.85 bits per heavy atom. The smallest absolute Gasteiger partial charge is 0.315 e. The zero-order valence-corrected chi connectivity index (χ0v) is 16.4. The van der Waals surface area contributed by atoms with Gasteiger partial charge >= 0.3 is 6.03 Å². The van der Waals surface area contributed by atoms with Crippen LogP contribution < -0.4 is 20.7 Å². The number of anilines is 1. The predicted molar refractivity (Wildman–Crippen MR) is 102 cm³/mol. The van der Waals surface area contributed by atoms with E-state index in [9.17, 15) is 18.0 Å². The average molecular weight is 416 g/mol. The van der Waals surface area contributed by atoms with Gasteiger partial charge < -0.3 is 20.7 Å². The number of ether oxygens (including phenoxy) is 1. The fraction of sp³-hybridized carbons (Fsp3) is 0.529. The SMILES string of the molecule is COc1ccc(Cl)cc1NC(=O)CCCC[C@@H]1[C@H]2NC(=O)N[C@@H]2CS1(=O)=O. The number of fused-ring (bicyclic) bond motifs is 1. The minimum atomic E-state index is -3.24. The van der Waals surface area contributed by atoms with Crippen LogP contribution in [0.3, 0.4) is 0 Å². The average Bonchev–Trinajstić information content (AvgIpc) is 3.03. The maximum absolute atomic E-state index is 12.3. The Hall–Kier alpha value is -2.00. The highest BCUT2D eigenvalue weighted by Crippen LogP contribution is 2.29. The molecule has 148 valence electrons. The lowest BCUT2D eigenvalue weighted by Gasteiger charge is -2.16. The second-order valence-electron chi connectivity index (χ2n) is 6.76. The lowest BCUT2D eigenvalue weighted by atomic mass is 10.0. The number of sulfone groups is 1. The van der Waals surface area contributed by atoms with Gasteiger partial charge in [0.25, 0.3) is 0 Å². The summed E-state index contributed by atoms with van der Waals surface area (Å²) in [7, 11) is -1.74. The molecule has 0 aliphatic carbocycles. The zero-order valence-electron chi connectivity index (χ0n) is 14.8. The second kappa shape index (κ2) is 7.93. The van der Waals surface area contributed by atoms with Crippen molar-refractivity contribution < 1.29 is 22.7 Å². The maximum atomic E-state index is 12.3. The van der Waals surface area contributed by atoms with Crippen LogP contribution in [0.2, 0.25) is 5.02 Å². The number of unbranched alkanes of at least 4 members (excludes halogenated alkanes) is 1. The van der Waals surface area contributed by atoms with Crippen molar-refractivity contribution in [3.8, 4) is 5.75 Å². The standard InChI is InChI=1S/C17H22ClN3O5S/c1-26-13-7-6-10(18)8-11(13)19-15(22)5-3-2-4-14-16-12(9-27(14,24)25)20-17(23)21-16/h6-8,12,14,16H,2-5,9H2,1H3,(H,19,22)(H2,20,21,23)/t12-,14-,16+/m1/s1. The van der Waals surface area contributed by atoms with Gasteiger partial charge in [0.1, 0.15) is 5.75 Å². The van der Waals surface area contributed by atoms with Gasteiger partial charge in [-0.25, -0.2) is 13.2 Å². The van der Waals surface area contributed by atoms with Crippen LogP contribution >= 0.6 is 11.6 Å². The molecule has 2 fully saturated rings. The third-order valence-electron chi connectivity index (χ3n) is 4.90. The first-order chi connectivity index (χ1) is 12.8. The largest absolute Gasteiger partial charge is 0.495 e. The zero-order chi connectivity index (χ0) is 19.6. The first-order valence-electron chi connectivity index (χ1n) is 8.72. The van der Waals surface area contributed by atoms with Crippen molar-refractivity contribution in [1.82, 2.24) is 10.6 Å². The van der Waals surface area contributed by atoms with E-state index in [-0.39, 0.29) is 36.2 Å². The molecule has 0 unspecified atom stereocenters. The van der Waals surface area contributed by atoms with Gasteiger partial charge in [0.05, 0.1) is 35.9 Å². The Kier molecular flexibility index (Phi) is 5.81. The molecular formula is C17H22ClN3O5S. The fourth-order valence-electron chi connectivity index (χ4n) is 3.63. The molecule has 1 aromatic carbocycles. The molecule has 0 spiro atoms. The number of carbonyl (C=O) groups excluding carboxylic acids is 2. The van der Waals surface area contributed by atoms with Crippen LogP contribution in [0.25, 0.3) is 0 Å². The number of halogens is 1. The Morgan fingerprint density at radius 1 is 1.33 bits per heavy atom. The first kappa shape index (κ1) is 19.8. The summed E-state index contributed by atoms with van der Waals surface area (Å²) in [5.74, 6) is 0.287. The summed E-state index contributed by atoms with van der Waals surface area (Å²) < 4.78 is 29.7. The molecule has 10 heteroatoms. The summed E-state index contributed by atoms with van der Waals surface area (Å²) >= 11 is 5.94. The Balaban J connectivity index is 1.48. The number of hydrogen-bond acceptors (Lipinski definition) is 5. The van der Waals surface area contributed by atoms with Crippen LogP contribution in [0.15, 0.2) is 18.2 Å². The van der Waals surface area contributed by atoms with Gasteiger partial charge in [-0.2, -0.15) is 0 Å².